The van der Waals surface area contributed by atoms with Gasteiger partial charge in [0.05, 0.1) is 0 Å². The van der Waals surface area contributed by atoms with Gasteiger partial charge in [-0.2, -0.15) is 11.8 Å². The second kappa shape index (κ2) is 6.44. The van der Waals surface area contributed by atoms with E-state index in [0.717, 1.165) is 29.1 Å². The maximum absolute atomic E-state index is 3.60. The van der Waals surface area contributed by atoms with Gasteiger partial charge in [0.25, 0.3) is 0 Å². The molecule has 2 aliphatic rings. The van der Waals surface area contributed by atoms with Gasteiger partial charge in [0, 0.05) is 35.7 Å². The lowest BCUT2D eigenvalue weighted by atomic mass is 9.90. The molecule has 1 saturated carbocycles. The molecule has 2 atom stereocenters. The highest BCUT2D eigenvalue weighted by atomic mass is 32.2. The number of nitrogens with one attached hydrogen (secondary N) is 1. The van der Waals surface area contributed by atoms with Gasteiger partial charge in [-0.15, -0.1) is 0 Å². The van der Waals surface area contributed by atoms with Crippen molar-refractivity contribution in [1.82, 2.24) is 10.2 Å². The van der Waals surface area contributed by atoms with Crippen LogP contribution in [-0.2, 0) is 0 Å². The Hall–Kier alpha value is 0.270. The Morgan fingerprint density at radius 2 is 1.65 bits per heavy atom. The van der Waals surface area contributed by atoms with Crippen LogP contribution in [-0.4, -0.2) is 47.1 Å². The zero-order valence-corrected chi connectivity index (χ0v) is 12.4. The van der Waals surface area contributed by atoms with Crippen LogP contribution in [0.4, 0.5) is 0 Å². The molecule has 1 N–H and O–H groups in total. The van der Waals surface area contributed by atoms with Crippen molar-refractivity contribution in [2.45, 2.75) is 69.0 Å². The molecule has 0 aromatic heterocycles. The summed E-state index contributed by atoms with van der Waals surface area (Å²) in [6.45, 7) is 10.7. The predicted molar refractivity (Wildman–Crippen MR) is 77.8 cm³/mol. The van der Waals surface area contributed by atoms with E-state index < -0.39 is 0 Å². The third-order valence-electron chi connectivity index (χ3n) is 4.15. The number of thioether (sulfide) groups is 1. The third-order valence-corrected chi connectivity index (χ3v) is 5.38. The number of rotatable bonds is 3. The van der Waals surface area contributed by atoms with Crippen LogP contribution in [0.5, 0.6) is 0 Å². The molecule has 0 aromatic carbocycles. The number of hydrogen-bond acceptors (Lipinski definition) is 3. The zero-order valence-electron chi connectivity index (χ0n) is 11.6. The standard InChI is InChI=1S/C14H28N2S/c1-4-15-13-5-7-14(8-6-13)16-9-11(2)17-12(3)10-16/h11-15H,4-10H2,1-3H3. The predicted octanol–water partition coefficient (Wildman–Crippen LogP) is 2.73. The molecule has 2 nitrogen and oxygen atoms in total. The molecule has 1 saturated heterocycles. The highest BCUT2D eigenvalue weighted by molar-refractivity contribution is 8.00. The Kier molecular flexibility index (Phi) is 5.19. The van der Waals surface area contributed by atoms with E-state index in [0.29, 0.717) is 0 Å². The summed E-state index contributed by atoms with van der Waals surface area (Å²) in [5.41, 5.74) is 0. The van der Waals surface area contributed by atoms with Crippen LogP contribution in [0.2, 0.25) is 0 Å². The number of hydrogen-bond donors (Lipinski definition) is 1. The van der Waals surface area contributed by atoms with Crippen molar-refractivity contribution >= 4 is 11.8 Å². The summed E-state index contributed by atoms with van der Waals surface area (Å²) in [5, 5.41) is 5.25. The van der Waals surface area contributed by atoms with E-state index in [-0.39, 0.29) is 0 Å². The topological polar surface area (TPSA) is 15.3 Å². The van der Waals surface area contributed by atoms with E-state index in [9.17, 15) is 0 Å². The maximum atomic E-state index is 3.60. The fraction of sp³-hybridized carbons (Fsp3) is 1.00. The molecule has 1 aliphatic heterocycles. The van der Waals surface area contributed by atoms with Crippen molar-refractivity contribution in [3.05, 3.63) is 0 Å². The Labute approximate surface area is 111 Å². The molecule has 100 valence electrons. The minimum atomic E-state index is 0.797. The Morgan fingerprint density at radius 3 is 2.18 bits per heavy atom. The lowest BCUT2D eigenvalue weighted by Gasteiger charge is -2.42. The first-order valence-corrected chi connectivity index (χ1v) is 8.26. The molecule has 3 heteroatoms. The normalized spacial score (nSPS) is 40.4. The van der Waals surface area contributed by atoms with E-state index in [1.807, 2.05) is 0 Å². The molecule has 2 fully saturated rings. The van der Waals surface area contributed by atoms with Crippen molar-refractivity contribution in [1.29, 1.82) is 0 Å². The van der Waals surface area contributed by atoms with Gasteiger partial charge in [-0.05, 0) is 32.2 Å². The van der Waals surface area contributed by atoms with Gasteiger partial charge in [-0.1, -0.05) is 20.8 Å². The second-order valence-electron chi connectivity index (χ2n) is 5.77. The highest BCUT2D eigenvalue weighted by Gasteiger charge is 2.30. The quantitative estimate of drug-likeness (QED) is 0.836. The summed E-state index contributed by atoms with van der Waals surface area (Å²) in [5.74, 6) is 0. The zero-order chi connectivity index (χ0) is 12.3. The Morgan fingerprint density at radius 1 is 1.06 bits per heavy atom. The molecule has 0 bridgehead atoms. The average molecular weight is 256 g/mol. The minimum Gasteiger partial charge on any atom is -0.314 e. The fourth-order valence-corrected chi connectivity index (χ4v) is 4.80. The second-order valence-corrected chi connectivity index (χ2v) is 7.66. The van der Waals surface area contributed by atoms with Crippen molar-refractivity contribution in [2.75, 3.05) is 19.6 Å². The Balaban J connectivity index is 1.79. The van der Waals surface area contributed by atoms with E-state index in [1.165, 1.54) is 38.8 Å². The molecule has 1 aliphatic carbocycles. The molecule has 2 rings (SSSR count). The van der Waals surface area contributed by atoms with Crippen LogP contribution in [0.15, 0.2) is 0 Å². The first-order valence-electron chi connectivity index (χ1n) is 7.32. The third kappa shape index (κ3) is 3.87. The Bertz CT molecular complexity index is 216. The van der Waals surface area contributed by atoms with Crippen LogP contribution in [0.3, 0.4) is 0 Å². The van der Waals surface area contributed by atoms with Gasteiger partial charge >= 0.3 is 0 Å². The largest absolute Gasteiger partial charge is 0.314 e. The van der Waals surface area contributed by atoms with Crippen LogP contribution in [0, 0.1) is 0 Å². The lowest BCUT2D eigenvalue weighted by molar-refractivity contribution is 0.142. The first-order chi connectivity index (χ1) is 8.19. The van der Waals surface area contributed by atoms with Crippen LogP contribution < -0.4 is 5.32 Å². The number of nitrogens with zero attached hydrogens (tertiary/aromatic N) is 1. The smallest absolute Gasteiger partial charge is 0.0149 e. The van der Waals surface area contributed by atoms with Gasteiger partial charge < -0.3 is 5.32 Å². The average Bonchev–Trinajstić information content (AvgIpc) is 2.29. The van der Waals surface area contributed by atoms with Crippen molar-refractivity contribution in [2.24, 2.45) is 0 Å². The fourth-order valence-electron chi connectivity index (χ4n) is 3.45. The monoisotopic (exact) mass is 256 g/mol. The summed E-state index contributed by atoms with van der Waals surface area (Å²) < 4.78 is 0. The summed E-state index contributed by atoms with van der Waals surface area (Å²) >= 11 is 2.16. The first kappa shape index (κ1) is 13.7. The van der Waals surface area contributed by atoms with Crippen LogP contribution in [0.1, 0.15) is 46.5 Å². The van der Waals surface area contributed by atoms with Gasteiger partial charge in [-0.25, -0.2) is 0 Å². The molecule has 0 aromatic rings. The van der Waals surface area contributed by atoms with Gasteiger partial charge in [0.15, 0.2) is 0 Å². The molecule has 0 spiro atoms. The van der Waals surface area contributed by atoms with Crippen molar-refractivity contribution in [3.8, 4) is 0 Å². The van der Waals surface area contributed by atoms with E-state index in [4.69, 9.17) is 0 Å². The van der Waals surface area contributed by atoms with Crippen LogP contribution in [0.25, 0.3) is 0 Å². The summed E-state index contributed by atoms with van der Waals surface area (Å²) in [6.07, 6.45) is 5.57. The summed E-state index contributed by atoms with van der Waals surface area (Å²) in [7, 11) is 0. The van der Waals surface area contributed by atoms with Crippen molar-refractivity contribution < 1.29 is 0 Å². The van der Waals surface area contributed by atoms with E-state index in [1.54, 1.807) is 0 Å². The van der Waals surface area contributed by atoms with Gasteiger partial charge in [0.1, 0.15) is 0 Å². The molecular weight excluding hydrogens is 228 g/mol. The van der Waals surface area contributed by atoms with Crippen LogP contribution >= 0.6 is 11.8 Å². The van der Waals surface area contributed by atoms with E-state index in [2.05, 4.69) is 42.7 Å². The molecule has 0 amide bonds. The summed E-state index contributed by atoms with van der Waals surface area (Å²) in [6, 6.07) is 1.67. The molecule has 1 heterocycles. The SMILES string of the molecule is CCNC1CCC(N2CC(C)SC(C)C2)CC1. The van der Waals surface area contributed by atoms with Gasteiger partial charge in [0.2, 0.25) is 0 Å². The van der Waals surface area contributed by atoms with Crippen molar-refractivity contribution in [3.63, 3.8) is 0 Å². The molecular formula is C14H28N2S. The van der Waals surface area contributed by atoms with E-state index >= 15 is 0 Å². The molecule has 17 heavy (non-hydrogen) atoms. The highest BCUT2D eigenvalue weighted by Crippen LogP contribution is 2.30. The maximum Gasteiger partial charge on any atom is 0.0149 e. The molecule has 2 unspecified atom stereocenters. The molecule has 0 radical (unpaired) electrons. The minimum absolute atomic E-state index is 0.797. The summed E-state index contributed by atoms with van der Waals surface area (Å²) in [4.78, 5) is 2.77. The lowest BCUT2D eigenvalue weighted by Crippen LogP contribution is -2.49. The van der Waals surface area contributed by atoms with Gasteiger partial charge in [-0.3, -0.25) is 4.90 Å².